The van der Waals surface area contributed by atoms with Crippen LogP contribution in [0.2, 0.25) is 0 Å². The van der Waals surface area contributed by atoms with Gasteiger partial charge in [0.25, 0.3) is 0 Å². The van der Waals surface area contributed by atoms with E-state index in [1.165, 1.54) is 6.26 Å². The molecule has 80 valence electrons. The molecule has 6 heteroatoms. The third kappa shape index (κ3) is 3.61. The maximum atomic E-state index is 11.1. The van der Waals surface area contributed by atoms with Crippen LogP contribution in [0.4, 0.5) is 0 Å². The summed E-state index contributed by atoms with van der Waals surface area (Å²) in [7, 11) is -3.13. The van der Waals surface area contributed by atoms with Crippen molar-refractivity contribution >= 4 is 9.84 Å². The molecule has 0 bridgehead atoms. The zero-order chi connectivity index (χ0) is 11.3. The van der Waals surface area contributed by atoms with E-state index in [2.05, 4.69) is 10.0 Å². The molecule has 0 fully saturated rings. The number of hydrogen-bond acceptors (Lipinski definition) is 3. The summed E-state index contributed by atoms with van der Waals surface area (Å²) in [5.74, 6) is 0. The maximum absolute atomic E-state index is 11.1. The van der Waals surface area contributed by atoms with Crippen molar-refractivity contribution in [2.45, 2.75) is 11.3 Å². The van der Waals surface area contributed by atoms with E-state index >= 15 is 0 Å². The molecule has 0 heterocycles. The van der Waals surface area contributed by atoms with E-state index in [9.17, 15) is 8.42 Å². The quantitative estimate of drug-likeness (QED) is 0.445. The van der Waals surface area contributed by atoms with Crippen LogP contribution >= 0.6 is 0 Å². The minimum Gasteiger partial charge on any atom is -0.224 e. The van der Waals surface area contributed by atoms with Gasteiger partial charge in [0.05, 0.1) is 4.90 Å². The highest BCUT2D eigenvalue weighted by Gasteiger charge is 2.05. The van der Waals surface area contributed by atoms with Gasteiger partial charge in [0.15, 0.2) is 9.84 Å². The van der Waals surface area contributed by atoms with Crippen LogP contribution in [0.3, 0.4) is 0 Å². The first kappa shape index (κ1) is 11.6. The molecule has 0 atom stereocenters. The van der Waals surface area contributed by atoms with Gasteiger partial charge in [-0.1, -0.05) is 17.2 Å². The van der Waals surface area contributed by atoms with Gasteiger partial charge in [-0.15, -0.1) is 0 Å². The van der Waals surface area contributed by atoms with Crippen LogP contribution in [0.15, 0.2) is 34.3 Å². The summed E-state index contributed by atoms with van der Waals surface area (Å²) in [5, 5.41) is 3.40. The Bertz CT molecular complexity index is 473. The predicted molar refractivity (Wildman–Crippen MR) is 57.3 cm³/mol. The van der Waals surface area contributed by atoms with Crippen molar-refractivity contribution in [2.24, 2.45) is 5.11 Å². The van der Waals surface area contributed by atoms with Crippen LogP contribution < -0.4 is 0 Å². The van der Waals surface area contributed by atoms with E-state index in [1.54, 1.807) is 24.3 Å². The van der Waals surface area contributed by atoms with Crippen molar-refractivity contribution in [3.63, 3.8) is 0 Å². The summed E-state index contributed by atoms with van der Waals surface area (Å²) < 4.78 is 22.3. The van der Waals surface area contributed by atoms with Crippen molar-refractivity contribution < 1.29 is 8.42 Å². The molecule has 1 aromatic rings. The largest absolute Gasteiger partial charge is 0.224 e. The highest BCUT2D eigenvalue weighted by Crippen LogP contribution is 2.10. The van der Waals surface area contributed by atoms with Gasteiger partial charge in [-0.2, -0.15) is 0 Å². The minimum absolute atomic E-state index is 0.301. The lowest BCUT2D eigenvalue weighted by Crippen LogP contribution is -1.97. The first-order valence-corrected chi connectivity index (χ1v) is 6.23. The molecular formula is C9H11N3O2S. The van der Waals surface area contributed by atoms with Crippen LogP contribution in [-0.2, 0) is 16.3 Å². The molecule has 0 radical (unpaired) electrons. The second-order valence-electron chi connectivity index (χ2n) is 3.12. The van der Waals surface area contributed by atoms with Gasteiger partial charge >= 0.3 is 0 Å². The number of benzene rings is 1. The fraction of sp³-hybridized carbons (Fsp3) is 0.333. The highest BCUT2D eigenvalue weighted by atomic mass is 32.2. The third-order valence-corrected chi connectivity index (χ3v) is 3.04. The van der Waals surface area contributed by atoms with Crippen LogP contribution in [0.25, 0.3) is 10.4 Å². The van der Waals surface area contributed by atoms with E-state index in [0.717, 1.165) is 5.56 Å². The molecule has 0 saturated carbocycles. The topological polar surface area (TPSA) is 82.9 Å². The van der Waals surface area contributed by atoms with Crippen LogP contribution in [0, 0.1) is 0 Å². The third-order valence-electron chi connectivity index (χ3n) is 1.92. The molecule has 0 unspecified atom stereocenters. The number of sulfone groups is 1. The Balaban J connectivity index is 2.77. The zero-order valence-electron chi connectivity index (χ0n) is 8.29. The van der Waals surface area contributed by atoms with Crippen LogP contribution in [-0.4, -0.2) is 21.2 Å². The molecule has 0 spiro atoms. The molecule has 0 saturated heterocycles. The highest BCUT2D eigenvalue weighted by molar-refractivity contribution is 7.90. The summed E-state index contributed by atoms with van der Waals surface area (Å²) in [6.45, 7) is 0.384. The van der Waals surface area contributed by atoms with Gasteiger partial charge in [0.2, 0.25) is 0 Å². The summed E-state index contributed by atoms with van der Waals surface area (Å²) in [5.41, 5.74) is 9.03. The molecule has 0 N–H and O–H groups in total. The first-order valence-electron chi connectivity index (χ1n) is 4.34. The maximum Gasteiger partial charge on any atom is 0.175 e. The minimum atomic E-state index is -3.13. The zero-order valence-corrected chi connectivity index (χ0v) is 9.11. The van der Waals surface area contributed by atoms with E-state index in [0.29, 0.717) is 17.9 Å². The van der Waals surface area contributed by atoms with Gasteiger partial charge in [0.1, 0.15) is 0 Å². The van der Waals surface area contributed by atoms with Crippen molar-refractivity contribution in [2.75, 3.05) is 12.8 Å². The molecule has 0 aliphatic carbocycles. The Morgan fingerprint density at radius 2 is 1.93 bits per heavy atom. The Morgan fingerprint density at radius 1 is 1.33 bits per heavy atom. The lowest BCUT2D eigenvalue weighted by Gasteiger charge is -2.00. The Morgan fingerprint density at radius 3 is 2.40 bits per heavy atom. The first-order chi connectivity index (χ1) is 7.04. The Labute approximate surface area is 88.3 Å². The smallest absolute Gasteiger partial charge is 0.175 e. The average molecular weight is 225 g/mol. The van der Waals surface area contributed by atoms with Crippen molar-refractivity contribution in [1.82, 2.24) is 0 Å². The number of nitrogens with zero attached hydrogens (tertiary/aromatic N) is 3. The molecule has 0 amide bonds. The lowest BCUT2D eigenvalue weighted by atomic mass is 10.2. The SMILES string of the molecule is CS(=O)(=O)c1ccc(CCN=[N+]=[N-])cc1. The molecule has 15 heavy (non-hydrogen) atoms. The van der Waals surface area contributed by atoms with E-state index in [-0.39, 0.29) is 0 Å². The average Bonchev–Trinajstić information content (AvgIpc) is 2.18. The van der Waals surface area contributed by atoms with E-state index in [4.69, 9.17) is 5.53 Å². The normalized spacial score (nSPS) is 10.7. The van der Waals surface area contributed by atoms with Crippen molar-refractivity contribution in [3.05, 3.63) is 40.3 Å². The number of rotatable bonds is 4. The van der Waals surface area contributed by atoms with Gasteiger partial charge in [-0.3, -0.25) is 0 Å². The number of azide groups is 1. The van der Waals surface area contributed by atoms with Gasteiger partial charge in [-0.05, 0) is 29.6 Å². The fourth-order valence-electron chi connectivity index (χ4n) is 1.13. The predicted octanol–water partition coefficient (Wildman–Crippen LogP) is 1.94. The summed E-state index contributed by atoms with van der Waals surface area (Å²) in [6, 6.07) is 6.56. The standard InChI is InChI=1S/C9H11N3O2S/c1-15(13,14)9-4-2-8(3-5-9)6-7-11-12-10/h2-5H,6-7H2,1H3. The lowest BCUT2D eigenvalue weighted by molar-refractivity contribution is 0.602. The second-order valence-corrected chi connectivity index (χ2v) is 5.14. The van der Waals surface area contributed by atoms with Gasteiger partial charge in [0, 0.05) is 17.7 Å². The summed E-state index contributed by atoms with van der Waals surface area (Å²) >= 11 is 0. The summed E-state index contributed by atoms with van der Waals surface area (Å²) in [6.07, 6.45) is 1.79. The molecule has 1 rings (SSSR count). The fourth-order valence-corrected chi connectivity index (χ4v) is 1.76. The van der Waals surface area contributed by atoms with E-state index < -0.39 is 9.84 Å². The Hall–Kier alpha value is -1.52. The molecule has 0 aliphatic rings. The van der Waals surface area contributed by atoms with Crippen molar-refractivity contribution in [3.8, 4) is 0 Å². The molecule has 0 aromatic heterocycles. The summed E-state index contributed by atoms with van der Waals surface area (Å²) in [4.78, 5) is 2.94. The molecular weight excluding hydrogens is 214 g/mol. The monoisotopic (exact) mass is 225 g/mol. The molecule has 1 aromatic carbocycles. The Kier molecular flexibility index (Phi) is 3.71. The van der Waals surface area contributed by atoms with Crippen molar-refractivity contribution in [1.29, 1.82) is 0 Å². The molecule has 5 nitrogen and oxygen atoms in total. The van der Waals surface area contributed by atoms with Gasteiger partial charge < -0.3 is 0 Å². The van der Waals surface area contributed by atoms with E-state index in [1.807, 2.05) is 0 Å². The van der Waals surface area contributed by atoms with Crippen LogP contribution in [0.5, 0.6) is 0 Å². The second kappa shape index (κ2) is 4.82. The van der Waals surface area contributed by atoms with Crippen LogP contribution in [0.1, 0.15) is 5.56 Å². The molecule has 0 aliphatic heterocycles. The van der Waals surface area contributed by atoms with Gasteiger partial charge in [-0.25, -0.2) is 8.42 Å². The number of hydrogen-bond donors (Lipinski definition) is 0.